The second-order valence-electron chi connectivity index (χ2n) is 3.08. The molecule has 2 rings (SSSR count). The lowest BCUT2D eigenvalue weighted by Crippen LogP contribution is -2.24. The van der Waals surface area contributed by atoms with E-state index >= 15 is 0 Å². The summed E-state index contributed by atoms with van der Waals surface area (Å²) in [6, 6.07) is 4.30. The van der Waals surface area contributed by atoms with Gasteiger partial charge >= 0.3 is 0 Å². The number of carbonyl (C=O) groups excluding carboxylic acids is 1. The monoisotopic (exact) mass is 196 g/mol. The minimum absolute atomic E-state index is 0.142. The van der Waals surface area contributed by atoms with Gasteiger partial charge in [-0.25, -0.2) is 0 Å². The van der Waals surface area contributed by atoms with Crippen LogP contribution in [0.5, 0.6) is 0 Å². The third kappa shape index (κ3) is 2.08. The van der Waals surface area contributed by atoms with Gasteiger partial charge in [-0.3, -0.25) is 4.79 Å². The Kier molecular flexibility index (Phi) is 2.61. The molecule has 70 valence electrons. The molecular formula is C9H12N2OS. The topological polar surface area (TPSA) is 41.1 Å². The van der Waals surface area contributed by atoms with E-state index in [-0.39, 0.29) is 11.9 Å². The van der Waals surface area contributed by atoms with Crippen LogP contribution < -0.4 is 10.6 Å². The lowest BCUT2D eigenvalue weighted by atomic mass is 10.1. The first-order valence-electron chi connectivity index (χ1n) is 4.40. The first kappa shape index (κ1) is 8.72. The molecule has 0 radical (unpaired) electrons. The van der Waals surface area contributed by atoms with Gasteiger partial charge in [-0.1, -0.05) is 6.07 Å². The maximum atomic E-state index is 11.2. The largest absolute Gasteiger partial charge is 0.355 e. The Labute approximate surface area is 81.2 Å². The molecule has 2 N–H and O–H groups in total. The van der Waals surface area contributed by atoms with E-state index in [1.54, 1.807) is 11.3 Å². The molecule has 2 heterocycles. The smallest absolute Gasteiger partial charge is 0.221 e. The van der Waals surface area contributed by atoms with Crippen LogP contribution in [0.3, 0.4) is 0 Å². The average molecular weight is 196 g/mol. The van der Waals surface area contributed by atoms with Crippen molar-refractivity contribution in [3.05, 3.63) is 22.4 Å². The van der Waals surface area contributed by atoms with Crippen molar-refractivity contribution in [3.8, 4) is 0 Å². The lowest BCUT2D eigenvalue weighted by Gasteiger charge is -2.11. The standard InChI is InChI=1S/C9H12N2OS/c12-9-6-7(10-3-4-11-9)8-2-1-5-13-8/h1-2,5,7,10H,3-4,6H2,(H,11,12). The number of thiophene rings is 1. The number of hydrogen-bond acceptors (Lipinski definition) is 3. The Bertz CT molecular complexity index is 284. The number of nitrogens with one attached hydrogen (secondary N) is 2. The summed E-state index contributed by atoms with van der Waals surface area (Å²) < 4.78 is 0. The molecule has 1 saturated heterocycles. The van der Waals surface area contributed by atoms with Crippen molar-refractivity contribution >= 4 is 17.2 Å². The molecule has 1 aromatic heterocycles. The fourth-order valence-corrected chi connectivity index (χ4v) is 2.27. The van der Waals surface area contributed by atoms with Crippen molar-refractivity contribution in [2.24, 2.45) is 0 Å². The summed E-state index contributed by atoms with van der Waals surface area (Å²) in [5.41, 5.74) is 0. The van der Waals surface area contributed by atoms with Crippen LogP contribution in [0.25, 0.3) is 0 Å². The highest BCUT2D eigenvalue weighted by molar-refractivity contribution is 7.10. The van der Waals surface area contributed by atoms with Crippen LogP contribution in [0, 0.1) is 0 Å². The molecule has 1 aliphatic heterocycles. The molecule has 0 aliphatic carbocycles. The number of hydrogen-bond donors (Lipinski definition) is 2. The lowest BCUT2D eigenvalue weighted by molar-refractivity contribution is -0.121. The maximum absolute atomic E-state index is 11.2. The molecule has 1 unspecified atom stereocenters. The Hall–Kier alpha value is -0.870. The molecule has 0 spiro atoms. The van der Waals surface area contributed by atoms with Gasteiger partial charge in [0.25, 0.3) is 0 Å². The fraction of sp³-hybridized carbons (Fsp3) is 0.444. The van der Waals surface area contributed by atoms with Gasteiger partial charge in [0.15, 0.2) is 0 Å². The van der Waals surface area contributed by atoms with Gasteiger partial charge in [-0.15, -0.1) is 11.3 Å². The summed E-state index contributed by atoms with van der Waals surface area (Å²) in [6.07, 6.45) is 0.556. The second kappa shape index (κ2) is 3.89. The van der Waals surface area contributed by atoms with Crippen molar-refractivity contribution in [2.75, 3.05) is 13.1 Å². The molecule has 1 aromatic rings. The third-order valence-electron chi connectivity index (χ3n) is 2.11. The van der Waals surface area contributed by atoms with E-state index in [1.165, 1.54) is 4.88 Å². The molecule has 4 heteroatoms. The summed E-state index contributed by atoms with van der Waals surface area (Å²) in [7, 11) is 0. The van der Waals surface area contributed by atoms with Crippen molar-refractivity contribution in [1.82, 2.24) is 10.6 Å². The number of carbonyl (C=O) groups is 1. The van der Waals surface area contributed by atoms with Crippen LogP contribution in [0.4, 0.5) is 0 Å². The zero-order valence-electron chi connectivity index (χ0n) is 7.25. The predicted molar refractivity (Wildman–Crippen MR) is 52.7 cm³/mol. The highest BCUT2D eigenvalue weighted by atomic mass is 32.1. The molecule has 1 atom stereocenters. The van der Waals surface area contributed by atoms with Crippen LogP contribution >= 0.6 is 11.3 Å². The summed E-state index contributed by atoms with van der Waals surface area (Å²) in [4.78, 5) is 12.5. The van der Waals surface area contributed by atoms with Crippen LogP contribution in [0.15, 0.2) is 17.5 Å². The molecule has 0 saturated carbocycles. The van der Waals surface area contributed by atoms with E-state index in [9.17, 15) is 4.79 Å². The highest BCUT2D eigenvalue weighted by Crippen LogP contribution is 2.22. The molecule has 13 heavy (non-hydrogen) atoms. The Morgan fingerprint density at radius 3 is 3.15 bits per heavy atom. The predicted octanol–water partition coefficient (Wildman–Crippen LogP) is 0.899. The van der Waals surface area contributed by atoms with Gasteiger partial charge in [0.2, 0.25) is 5.91 Å². The molecule has 3 nitrogen and oxygen atoms in total. The van der Waals surface area contributed by atoms with Crippen molar-refractivity contribution in [1.29, 1.82) is 0 Å². The number of rotatable bonds is 1. The highest BCUT2D eigenvalue weighted by Gasteiger charge is 2.18. The van der Waals surface area contributed by atoms with Gasteiger partial charge in [-0.05, 0) is 11.4 Å². The van der Waals surface area contributed by atoms with E-state index in [0.717, 1.165) is 13.1 Å². The van der Waals surface area contributed by atoms with E-state index in [0.29, 0.717) is 6.42 Å². The fourth-order valence-electron chi connectivity index (χ4n) is 1.47. The van der Waals surface area contributed by atoms with Crippen LogP contribution in [0.2, 0.25) is 0 Å². The van der Waals surface area contributed by atoms with Gasteiger partial charge in [0.1, 0.15) is 0 Å². The van der Waals surface area contributed by atoms with Crippen molar-refractivity contribution in [3.63, 3.8) is 0 Å². The molecule has 1 amide bonds. The molecular weight excluding hydrogens is 184 g/mol. The first-order valence-corrected chi connectivity index (χ1v) is 5.28. The minimum atomic E-state index is 0.142. The Balaban J connectivity index is 2.09. The quantitative estimate of drug-likeness (QED) is 0.700. The van der Waals surface area contributed by atoms with Crippen molar-refractivity contribution in [2.45, 2.75) is 12.5 Å². The van der Waals surface area contributed by atoms with E-state index < -0.39 is 0 Å². The zero-order valence-corrected chi connectivity index (χ0v) is 8.06. The van der Waals surface area contributed by atoms with Gasteiger partial charge in [0, 0.05) is 24.4 Å². The summed E-state index contributed by atoms with van der Waals surface area (Å²) in [5.74, 6) is 0.142. The normalized spacial score (nSPS) is 23.7. The zero-order chi connectivity index (χ0) is 9.10. The SMILES string of the molecule is O=C1CC(c2cccs2)NCCN1. The summed E-state index contributed by atoms with van der Waals surface area (Å²) in [6.45, 7) is 1.59. The number of amides is 1. The molecule has 1 aliphatic rings. The maximum Gasteiger partial charge on any atom is 0.221 e. The first-order chi connectivity index (χ1) is 6.36. The van der Waals surface area contributed by atoms with E-state index in [2.05, 4.69) is 16.7 Å². The molecule has 1 fully saturated rings. The van der Waals surface area contributed by atoms with Crippen molar-refractivity contribution < 1.29 is 4.79 Å². The summed E-state index contributed by atoms with van der Waals surface area (Å²) >= 11 is 1.70. The Morgan fingerprint density at radius 2 is 2.38 bits per heavy atom. The summed E-state index contributed by atoms with van der Waals surface area (Å²) in [5, 5.41) is 8.22. The second-order valence-corrected chi connectivity index (χ2v) is 4.06. The van der Waals surface area contributed by atoms with E-state index in [1.807, 2.05) is 11.4 Å². The minimum Gasteiger partial charge on any atom is -0.355 e. The van der Waals surface area contributed by atoms with Crippen LogP contribution in [-0.4, -0.2) is 19.0 Å². The van der Waals surface area contributed by atoms with Crippen LogP contribution in [0.1, 0.15) is 17.3 Å². The van der Waals surface area contributed by atoms with Gasteiger partial charge in [-0.2, -0.15) is 0 Å². The van der Waals surface area contributed by atoms with E-state index in [4.69, 9.17) is 0 Å². The Morgan fingerprint density at radius 1 is 1.46 bits per heavy atom. The van der Waals surface area contributed by atoms with Gasteiger partial charge < -0.3 is 10.6 Å². The molecule has 0 aromatic carbocycles. The van der Waals surface area contributed by atoms with Gasteiger partial charge in [0.05, 0.1) is 6.04 Å². The molecule has 0 bridgehead atoms. The van der Waals surface area contributed by atoms with Crippen LogP contribution in [-0.2, 0) is 4.79 Å². The average Bonchev–Trinajstić information content (AvgIpc) is 2.56. The third-order valence-corrected chi connectivity index (χ3v) is 3.10.